The first-order chi connectivity index (χ1) is 9.11. The van der Waals surface area contributed by atoms with E-state index in [1.807, 2.05) is 13.0 Å². The minimum Gasteiger partial charge on any atom is -0.439 e. The summed E-state index contributed by atoms with van der Waals surface area (Å²) < 4.78 is 5.61. The van der Waals surface area contributed by atoms with Gasteiger partial charge in [-0.05, 0) is 13.0 Å². The molecule has 0 aliphatic carbocycles. The second-order valence-corrected chi connectivity index (χ2v) is 5.00. The van der Waals surface area contributed by atoms with Gasteiger partial charge in [0.15, 0.2) is 0 Å². The third-order valence-corrected chi connectivity index (χ3v) is 3.26. The predicted octanol–water partition coefficient (Wildman–Crippen LogP) is 4.22. The molecule has 96 valence electrons. The average molecular weight is 294 g/mol. The molecule has 0 radical (unpaired) electrons. The zero-order valence-electron chi connectivity index (χ0n) is 10.0. The smallest absolute Gasteiger partial charge is 0.223 e. The summed E-state index contributed by atoms with van der Waals surface area (Å²) in [4.78, 5) is 12.2. The lowest BCUT2D eigenvalue weighted by atomic mass is 10.1. The normalized spacial score (nSPS) is 13.1. The first kappa shape index (κ1) is 12.4. The summed E-state index contributed by atoms with van der Waals surface area (Å²) >= 11 is 12.0. The largest absolute Gasteiger partial charge is 0.439 e. The summed E-state index contributed by atoms with van der Waals surface area (Å²) in [6, 6.07) is 5.13. The molecule has 0 amide bonds. The maximum atomic E-state index is 6.23. The zero-order chi connectivity index (χ0) is 13.4. The zero-order valence-corrected chi connectivity index (χ0v) is 11.5. The maximum Gasteiger partial charge on any atom is 0.223 e. The third-order valence-electron chi connectivity index (χ3n) is 2.72. The van der Waals surface area contributed by atoms with Gasteiger partial charge in [0, 0.05) is 34.9 Å². The van der Waals surface area contributed by atoms with E-state index in [4.69, 9.17) is 27.9 Å². The number of ether oxygens (including phenoxy) is 1. The molecule has 1 aliphatic heterocycles. The van der Waals surface area contributed by atoms with Crippen molar-refractivity contribution in [2.75, 3.05) is 0 Å². The van der Waals surface area contributed by atoms with E-state index in [9.17, 15) is 0 Å². The summed E-state index contributed by atoms with van der Waals surface area (Å²) in [6.45, 7) is 1.97. The van der Waals surface area contributed by atoms with E-state index < -0.39 is 0 Å². The molecule has 0 saturated heterocycles. The van der Waals surface area contributed by atoms with Crippen molar-refractivity contribution >= 4 is 34.6 Å². The summed E-state index contributed by atoms with van der Waals surface area (Å²) in [5.74, 6) is 0.951. The number of halogens is 2. The molecule has 0 bridgehead atoms. The Hall–Kier alpha value is -1.65. The highest BCUT2D eigenvalue weighted by Crippen LogP contribution is 2.37. The van der Waals surface area contributed by atoms with Gasteiger partial charge in [0.2, 0.25) is 5.88 Å². The lowest BCUT2D eigenvalue weighted by Crippen LogP contribution is -1.92. The van der Waals surface area contributed by atoms with Gasteiger partial charge in [-0.3, -0.25) is 4.99 Å². The lowest BCUT2D eigenvalue weighted by molar-refractivity contribution is 0.461. The SMILES string of the molecule is CC1=Nc2cc(Oc3cc(Cl)ncn3)cc(Cl)c2C1. The lowest BCUT2D eigenvalue weighted by Gasteiger charge is -2.07. The van der Waals surface area contributed by atoms with Crippen molar-refractivity contribution in [3.05, 3.63) is 40.3 Å². The van der Waals surface area contributed by atoms with E-state index in [2.05, 4.69) is 15.0 Å². The van der Waals surface area contributed by atoms with Crippen LogP contribution in [0.2, 0.25) is 10.2 Å². The third kappa shape index (κ3) is 2.55. The predicted molar refractivity (Wildman–Crippen MR) is 75.0 cm³/mol. The van der Waals surface area contributed by atoms with E-state index >= 15 is 0 Å². The van der Waals surface area contributed by atoms with Crippen LogP contribution in [0.3, 0.4) is 0 Å². The summed E-state index contributed by atoms with van der Waals surface area (Å²) in [5.41, 5.74) is 2.92. The summed E-state index contributed by atoms with van der Waals surface area (Å²) in [6.07, 6.45) is 2.13. The van der Waals surface area contributed by atoms with Crippen LogP contribution in [0.5, 0.6) is 11.6 Å². The van der Waals surface area contributed by atoms with E-state index in [0.29, 0.717) is 21.8 Å². The van der Waals surface area contributed by atoms with Crippen LogP contribution in [0.25, 0.3) is 0 Å². The monoisotopic (exact) mass is 293 g/mol. The van der Waals surface area contributed by atoms with Crippen molar-refractivity contribution in [3.8, 4) is 11.6 Å². The topological polar surface area (TPSA) is 47.4 Å². The van der Waals surface area contributed by atoms with Crippen molar-refractivity contribution in [2.45, 2.75) is 13.3 Å². The molecule has 0 fully saturated rings. The number of hydrogen-bond acceptors (Lipinski definition) is 4. The quantitative estimate of drug-likeness (QED) is 0.779. The van der Waals surface area contributed by atoms with Crippen LogP contribution in [0.15, 0.2) is 29.5 Å². The fourth-order valence-electron chi connectivity index (χ4n) is 1.93. The van der Waals surface area contributed by atoms with Crippen molar-refractivity contribution in [3.63, 3.8) is 0 Å². The van der Waals surface area contributed by atoms with Gasteiger partial charge in [-0.2, -0.15) is 0 Å². The number of hydrogen-bond donors (Lipinski definition) is 0. The highest BCUT2D eigenvalue weighted by Gasteiger charge is 2.17. The van der Waals surface area contributed by atoms with Crippen LogP contribution in [0.4, 0.5) is 5.69 Å². The Morgan fingerprint density at radius 1 is 1.16 bits per heavy atom. The van der Waals surface area contributed by atoms with Gasteiger partial charge >= 0.3 is 0 Å². The molecule has 1 aromatic carbocycles. The molecule has 0 atom stereocenters. The van der Waals surface area contributed by atoms with Crippen LogP contribution in [-0.4, -0.2) is 15.7 Å². The Kier molecular flexibility index (Phi) is 3.12. The average Bonchev–Trinajstić information content (AvgIpc) is 2.70. The molecule has 1 aliphatic rings. The minimum absolute atomic E-state index is 0.325. The van der Waals surface area contributed by atoms with Gasteiger partial charge in [-0.1, -0.05) is 23.2 Å². The first-order valence-corrected chi connectivity index (χ1v) is 6.39. The second-order valence-electron chi connectivity index (χ2n) is 4.21. The molecule has 2 heterocycles. The fraction of sp³-hybridized carbons (Fsp3) is 0.154. The summed E-state index contributed by atoms with van der Waals surface area (Å²) in [7, 11) is 0. The Morgan fingerprint density at radius 3 is 2.79 bits per heavy atom. The van der Waals surface area contributed by atoms with Gasteiger partial charge in [0.25, 0.3) is 0 Å². The van der Waals surface area contributed by atoms with Gasteiger partial charge in [-0.25, -0.2) is 9.97 Å². The van der Waals surface area contributed by atoms with Crippen LogP contribution in [0.1, 0.15) is 12.5 Å². The van der Waals surface area contributed by atoms with Crippen LogP contribution in [-0.2, 0) is 6.42 Å². The van der Waals surface area contributed by atoms with Gasteiger partial charge in [0.05, 0.1) is 5.69 Å². The van der Waals surface area contributed by atoms with Crippen molar-refractivity contribution in [1.82, 2.24) is 9.97 Å². The van der Waals surface area contributed by atoms with Crippen molar-refractivity contribution in [2.24, 2.45) is 4.99 Å². The molecule has 0 spiro atoms. The molecule has 0 unspecified atom stereocenters. The molecule has 3 rings (SSSR count). The highest BCUT2D eigenvalue weighted by atomic mass is 35.5. The Labute approximate surface area is 120 Å². The van der Waals surface area contributed by atoms with Crippen molar-refractivity contribution in [1.29, 1.82) is 0 Å². The number of rotatable bonds is 2. The Bertz CT molecular complexity index is 686. The summed E-state index contributed by atoms with van der Waals surface area (Å²) in [5, 5.41) is 0.972. The van der Waals surface area contributed by atoms with Crippen LogP contribution < -0.4 is 4.74 Å². The minimum atomic E-state index is 0.325. The number of nitrogens with zero attached hydrogens (tertiary/aromatic N) is 3. The molecule has 19 heavy (non-hydrogen) atoms. The van der Waals surface area contributed by atoms with Crippen molar-refractivity contribution < 1.29 is 4.74 Å². The van der Waals surface area contributed by atoms with Gasteiger partial charge in [0.1, 0.15) is 17.2 Å². The van der Waals surface area contributed by atoms with E-state index in [0.717, 1.165) is 23.4 Å². The van der Waals surface area contributed by atoms with E-state index in [1.165, 1.54) is 12.4 Å². The second kappa shape index (κ2) is 4.79. The fourth-order valence-corrected chi connectivity index (χ4v) is 2.33. The van der Waals surface area contributed by atoms with Crippen LogP contribution in [0, 0.1) is 0 Å². The Balaban J connectivity index is 1.94. The molecule has 6 heteroatoms. The van der Waals surface area contributed by atoms with Gasteiger partial charge < -0.3 is 4.74 Å². The van der Waals surface area contributed by atoms with E-state index in [-0.39, 0.29) is 0 Å². The number of fused-ring (bicyclic) bond motifs is 1. The number of aromatic nitrogens is 2. The van der Waals surface area contributed by atoms with Crippen LogP contribution >= 0.6 is 23.2 Å². The molecule has 0 saturated carbocycles. The molecular weight excluding hydrogens is 285 g/mol. The van der Waals surface area contributed by atoms with E-state index in [1.54, 1.807) is 6.07 Å². The van der Waals surface area contributed by atoms with Gasteiger partial charge in [-0.15, -0.1) is 0 Å². The highest BCUT2D eigenvalue weighted by molar-refractivity contribution is 6.32. The standard InChI is InChI=1S/C13H9Cl2N3O/c1-7-2-9-10(14)3-8(4-11(9)18-7)19-13-5-12(15)16-6-17-13/h3-6H,2H2,1H3. The molecule has 4 nitrogen and oxygen atoms in total. The molecule has 2 aromatic rings. The maximum absolute atomic E-state index is 6.23. The number of benzene rings is 1. The molecule has 0 N–H and O–H groups in total. The molecular formula is C13H9Cl2N3O. The molecule has 1 aromatic heterocycles. The first-order valence-electron chi connectivity index (χ1n) is 5.64. The Morgan fingerprint density at radius 2 is 2.00 bits per heavy atom. The number of aliphatic imine (C=N–C) groups is 1.